The highest BCUT2D eigenvalue weighted by Crippen LogP contribution is 2.38. The lowest BCUT2D eigenvalue weighted by molar-refractivity contribution is 0.207. The third kappa shape index (κ3) is 3.32. The molecule has 156 valence electrons. The van der Waals surface area contributed by atoms with Gasteiger partial charge in [0.1, 0.15) is 11.9 Å². The maximum atomic E-state index is 14.6. The lowest BCUT2D eigenvalue weighted by atomic mass is 9.92. The number of anilines is 1. The van der Waals surface area contributed by atoms with Crippen molar-refractivity contribution in [3.63, 3.8) is 0 Å². The Morgan fingerprint density at radius 3 is 2.60 bits per heavy atom. The maximum Gasteiger partial charge on any atom is 0.258 e. The molecule has 2 aliphatic carbocycles. The first-order valence-corrected chi connectivity index (χ1v) is 10.6. The van der Waals surface area contributed by atoms with E-state index in [-0.39, 0.29) is 17.4 Å². The molecule has 2 atom stereocenters. The molecule has 0 saturated heterocycles. The van der Waals surface area contributed by atoms with Crippen LogP contribution in [0, 0.1) is 0 Å². The van der Waals surface area contributed by atoms with Crippen molar-refractivity contribution >= 4 is 16.6 Å². The van der Waals surface area contributed by atoms with Crippen LogP contribution < -0.4 is 10.5 Å². The number of nitrogens with zero attached hydrogens (tertiary/aromatic N) is 4. The van der Waals surface area contributed by atoms with Crippen LogP contribution in [0.25, 0.3) is 22.0 Å². The molecule has 30 heavy (non-hydrogen) atoms. The number of fused-ring (bicyclic) bond motifs is 1. The second-order valence-corrected chi connectivity index (χ2v) is 8.47. The van der Waals surface area contributed by atoms with Gasteiger partial charge in [-0.25, -0.2) is 4.39 Å². The number of alkyl halides is 1. The van der Waals surface area contributed by atoms with Crippen molar-refractivity contribution in [3.8, 4) is 17.0 Å². The summed E-state index contributed by atoms with van der Waals surface area (Å²) in [6.07, 6.45) is 6.46. The van der Waals surface area contributed by atoms with Gasteiger partial charge in [0, 0.05) is 24.8 Å². The number of hydrogen-bond donors (Lipinski definition) is 1. The van der Waals surface area contributed by atoms with Gasteiger partial charge in [0.2, 0.25) is 0 Å². The minimum atomic E-state index is -0.826. The Balaban J connectivity index is 1.49. The first kappa shape index (κ1) is 19.0. The smallest absolute Gasteiger partial charge is 0.258 e. The Morgan fingerprint density at radius 1 is 1.10 bits per heavy atom. The predicted molar refractivity (Wildman–Crippen MR) is 115 cm³/mol. The summed E-state index contributed by atoms with van der Waals surface area (Å²) in [4.78, 5) is 14.4. The molecule has 2 saturated carbocycles. The summed E-state index contributed by atoms with van der Waals surface area (Å²) in [6, 6.07) is 8.97. The van der Waals surface area contributed by atoms with Crippen molar-refractivity contribution in [3.05, 3.63) is 46.9 Å². The van der Waals surface area contributed by atoms with Gasteiger partial charge < -0.3 is 14.6 Å². The maximum absolute atomic E-state index is 14.6. The summed E-state index contributed by atoms with van der Waals surface area (Å²) in [5, 5.41) is 20.5. The molecule has 0 aliphatic heterocycles. The van der Waals surface area contributed by atoms with E-state index < -0.39 is 6.17 Å². The van der Waals surface area contributed by atoms with Crippen LogP contribution in [0.1, 0.15) is 38.5 Å². The molecule has 0 amide bonds. The molecule has 0 radical (unpaired) electrons. The largest absolute Gasteiger partial charge is 0.507 e. The van der Waals surface area contributed by atoms with Gasteiger partial charge in [-0.05, 0) is 61.4 Å². The summed E-state index contributed by atoms with van der Waals surface area (Å²) in [7, 11) is 1.68. The summed E-state index contributed by atoms with van der Waals surface area (Å²) < 4.78 is 16.1. The topological polar surface area (TPSA) is 71.2 Å². The zero-order chi connectivity index (χ0) is 20.8. The Kier molecular flexibility index (Phi) is 4.68. The second-order valence-electron chi connectivity index (χ2n) is 8.47. The number of aromatic hydroxyl groups is 1. The fourth-order valence-electron chi connectivity index (χ4n) is 4.55. The van der Waals surface area contributed by atoms with Gasteiger partial charge in [-0.1, -0.05) is 12.8 Å². The van der Waals surface area contributed by atoms with E-state index in [2.05, 4.69) is 15.1 Å². The fourth-order valence-corrected chi connectivity index (χ4v) is 4.55. The highest BCUT2D eigenvalue weighted by Gasteiger charge is 2.39. The SMILES string of the molecule is Cn1ccc2cc(-c3ccc(N(C4CC4)C4CCCCC4F)nn3)c(O)cc2c1=O. The quantitative estimate of drug-likeness (QED) is 0.708. The molecule has 2 unspecified atom stereocenters. The first-order valence-electron chi connectivity index (χ1n) is 10.6. The minimum Gasteiger partial charge on any atom is -0.507 e. The summed E-state index contributed by atoms with van der Waals surface area (Å²) in [6.45, 7) is 0. The number of phenols is 1. The van der Waals surface area contributed by atoms with E-state index >= 15 is 0 Å². The van der Waals surface area contributed by atoms with Crippen LogP contribution in [0.2, 0.25) is 0 Å². The molecular weight excluding hydrogens is 383 g/mol. The van der Waals surface area contributed by atoms with E-state index in [9.17, 15) is 14.3 Å². The Hall–Kier alpha value is -2.96. The molecule has 3 aromatic rings. The van der Waals surface area contributed by atoms with Crippen LogP contribution in [0.15, 0.2) is 41.3 Å². The monoisotopic (exact) mass is 408 g/mol. The van der Waals surface area contributed by atoms with Crippen molar-refractivity contribution < 1.29 is 9.50 Å². The molecule has 2 heterocycles. The molecule has 0 spiro atoms. The van der Waals surface area contributed by atoms with Crippen LogP contribution in [-0.2, 0) is 7.05 Å². The lowest BCUT2D eigenvalue weighted by Gasteiger charge is -2.37. The summed E-state index contributed by atoms with van der Waals surface area (Å²) in [5.41, 5.74) is 0.882. The third-order valence-corrected chi connectivity index (χ3v) is 6.33. The predicted octanol–water partition coefficient (Wildman–Crippen LogP) is 3.95. The van der Waals surface area contributed by atoms with Crippen molar-refractivity contribution in [1.82, 2.24) is 14.8 Å². The van der Waals surface area contributed by atoms with E-state index in [1.807, 2.05) is 18.2 Å². The molecule has 1 aromatic carbocycles. The van der Waals surface area contributed by atoms with Gasteiger partial charge in [-0.3, -0.25) is 4.79 Å². The number of hydrogen-bond acceptors (Lipinski definition) is 5. The van der Waals surface area contributed by atoms with E-state index in [1.54, 1.807) is 19.3 Å². The molecule has 2 fully saturated rings. The van der Waals surface area contributed by atoms with Gasteiger partial charge in [-0.15, -0.1) is 10.2 Å². The molecule has 2 aliphatic rings. The molecular formula is C23H25FN4O2. The molecule has 0 bridgehead atoms. The van der Waals surface area contributed by atoms with Crippen molar-refractivity contribution in [2.45, 2.75) is 56.8 Å². The van der Waals surface area contributed by atoms with Gasteiger partial charge in [0.25, 0.3) is 5.56 Å². The summed E-state index contributed by atoms with van der Waals surface area (Å²) in [5.74, 6) is 0.688. The van der Waals surface area contributed by atoms with Crippen molar-refractivity contribution in [1.29, 1.82) is 0 Å². The minimum absolute atomic E-state index is 0.0111. The Labute approximate surface area is 174 Å². The van der Waals surface area contributed by atoms with Crippen molar-refractivity contribution in [2.24, 2.45) is 7.05 Å². The number of benzene rings is 1. The van der Waals surface area contributed by atoms with Gasteiger partial charge in [-0.2, -0.15) is 0 Å². The summed E-state index contributed by atoms with van der Waals surface area (Å²) >= 11 is 0. The van der Waals surface area contributed by atoms with Crippen LogP contribution in [0.4, 0.5) is 10.2 Å². The van der Waals surface area contributed by atoms with E-state index in [0.717, 1.165) is 37.5 Å². The van der Waals surface area contributed by atoms with E-state index in [1.165, 1.54) is 10.6 Å². The average Bonchev–Trinajstić information content (AvgIpc) is 3.58. The van der Waals surface area contributed by atoms with Crippen LogP contribution in [0.3, 0.4) is 0 Å². The van der Waals surface area contributed by atoms with Gasteiger partial charge >= 0.3 is 0 Å². The zero-order valence-corrected chi connectivity index (χ0v) is 17.0. The molecule has 5 rings (SSSR count). The molecule has 2 aromatic heterocycles. The fraction of sp³-hybridized carbons (Fsp3) is 0.435. The molecule has 1 N–H and O–H groups in total. The molecule has 7 heteroatoms. The number of halogens is 1. The lowest BCUT2D eigenvalue weighted by Crippen LogP contribution is -2.45. The number of aryl methyl sites for hydroxylation is 1. The normalized spacial score (nSPS) is 21.7. The second kappa shape index (κ2) is 7.38. The number of rotatable bonds is 4. The van der Waals surface area contributed by atoms with Crippen molar-refractivity contribution in [2.75, 3.05) is 4.90 Å². The van der Waals surface area contributed by atoms with Gasteiger partial charge in [0.05, 0.1) is 17.1 Å². The average molecular weight is 408 g/mol. The Bertz CT molecular complexity index is 1140. The number of aromatic nitrogens is 3. The zero-order valence-electron chi connectivity index (χ0n) is 17.0. The van der Waals surface area contributed by atoms with Gasteiger partial charge in [0.15, 0.2) is 5.82 Å². The standard InChI is InChI=1S/C23H25FN4O2/c1-27-11-10-14-12-17(21(29)13-16(14)23(27)30)19-8-9-22(26-25-19)28(15-6-7-15)20-5-3-2-4-18(20)24/h8-13,15,18,20,29H,2-7H2,1H3. The third-order valence-electron chi connectivity index (χ3n) is 6.33. The highest BCUT2D eigenvalue weighted by atomic mass is 19.1. The first-order chi connectivity index (χ1) is 14.5. The number of pyridine rings is 1. The highest BCUT2D eigenvalue weighted by molar-refractivity contribution is 5.89. The van der Waals surface area contributed by atoms with E-state index in [4.69, 9.17) is 0 Å². The van der Waals surface area contributed by atoms with Crippen LogP contribution in [-0.4, -0.2) is 38.1 Å². The van der Waals surface area contributed by atoms with Crippen LogP contribution in [0.5, 0.6) is 5.75 Å². The Morgan fingerprint density at radius 2 is 1.90 bits per heavy atom. The number of phenolic OH excluding ortho intramolecular Hbond substituents is 1. The van der Waals surface area contributed by atoms with Crippen LogP contribution >= 0.6 is 0 Å². The molecule has 6 nitrogen and oxygen atoms in total. The van der Waals surface area contributed by atoms with E-state index in [0.29, 0.717) is 34.9 Å².